The maximum absolute atomic E-state index is 9.77. The monoisotopic (exact) mass is 638 g/mol. The van der Waals surface area contributed by atoms with Crippen LogP contribution >= 0.6 is 11.8 Å². The molecule has 0 aliphatic carbocycles. The van der Waals surface area contributed by atoms with Gasteiger partial charge in [0.1, 0.15) is 11.5 Å². The number of nitriles is 2. The fraction of sp³-hybridized carbons (Fsp3) is 0.195. The zero-order valence-corrected chi connectivity index (χ0v) is 28.5. The van der Waals surface area contributed by atoms with Crippen molar-refractivity contribution in [2.24, 2.45) is 0 Å². The largest absolute Gasteiger partial charge is 0.458 e. The average Bonchev–Trinajstić information content (AvgIpc) is 3.40. The quantitative estimate of drug-likeness (QED) is 0.133. The number of hydrogen-bond donors (Lipinski definition) is 0. The van der Waals surface area contributed by atoms with Gasteiger partial charge in [0.25, 0.3) is 6.71 Å². The zero-order valence-electron chi connectivity index (χ0n) is 27.7. The molecule has 7 heteroatoms. The van der Waals surface area contributed by atoms with E-state index in [1.807, 2.05) is 36.4 Å². The topological polar surface area (TPSA) is 66.1 Å². The molecule has 0 atom stereocenters. The summed E-state index contributed by atoms with van der Waals surface area (Å²) < 4.78 is 8.91. The smallest absolute Gasteiger partial charge is 0.253 e. The third-order valence-electron chi connectivity index (χ3n) is 9.67. The maximum atomic E-state index is 9.77. The molecule has 3 heterocycles. The number of aromatic nitrogens is 1. The minimum Gasteiger partial charge on any atom is -0.458 e. The molecule has 48 heavy (non-hydrogen) atoms. The predicted molar refractivity (Wildman–Crippen MR) is 196 cm³/mol. The van der Waals surface area contributed by atoms with E-state index in [-0.39, 0.29) is 17.5 Å². The van der Waals surface area contributed by atoms with Crippen LogP contribution in [0.2, 0.25) is 0 Å². The van der Waals surface area contributed by atoms with Crippen molar-refractivity contribution >= 4 is 62.4 Å². The Morgan fingerprint density at radius 3 is 2.10 bits per heavy atom. The highest BCUT2D eigenvalue weighted by Crippen LogP contribution is 2.44. The first kappa shape index (κ1) is 30.0. The number of rotatable bonds is 1. The van der Waals surface area contributed by atoms with Crippen LogP contribution in [0.15, 0.2) is 88.7 Å². The van der Waals surface area contributed by atoms with Gasteiger partial charge in [-0.2, -0.15) is 10.5 Å². The van der Waals surface area contributed by atoms with E-state index in [9.17, 15) is 10.5 Å². The molecular weight excluding hydrogens is 607 g/mol. The van der Waals surface area contributed by atoms with E-state index in [2.05, 4.69) is 99.5 Å². The number of nitrogens with zero attached hydrogens (tertiary/aromatic N) is 4. The molecule has 230 valence electrons. The lowest BCUT2D eigenvalue weighted by molar-refractivity contribution is 0.486. The van der Waals surface area contributed by atoms with Gasteiger partial charge in [0, 0.05) is 26.9 Å². The second kappa shape index (κ2) is 10.3. The van der Waals surface area contributed by atoms with Gasteiger partial charge in [0.15, 0.2) is 0 Å². The summed E-state index contributed by atoms with van der Waals surface area (Å²) in [5.74, 6) is 1.44. The Labute approximate surface area is 285 Å². The molecular formula is C41H31BN4OS. The first-order chi connectivity index (χ1) is 22.9. The van der Waals surface area contributed by atoms with Crippen molar-refractivity contribution in [3.05, 3.63) is 113 Å². The first-order valence-electron chi connectivity index (χ1n) is 16.0. The van der Waals surface area contributed by atoms with Crippen LogP contribution in [0, 0.1) is 29.2 Å². The summed E-state index contributed by atoms with van der Waals surface area (Å²) in [5.41, 5.74) is 9.81. The Morgan fingerprint density at radius 2 is 1.42 bits per heavy atom. The number of benzene rings is 5. The minimum atomic E-state index is -0.189. The Balaban J connectivity index is 1.45. The van der Waals surface area contributed by atoms with Crippen molar-refractivity contribution in [2.75, 3.05) is 0 Å². The molecule has 0 amide bonds. The van der Waals surface area contributed by atoms with Gasteiger partial charge < -0.3 is 9.30 Å². The Hall–Kier alpha value is -5.42. The highest BCUT2D eigenvalue weighted by atomic mass is 32.2. The second-order valence-electron chi connectivity index (χ2n) is 14.8. The summed E-state index contributed by atoms with van der Waals surface area (Å²) >= 11 is 1.67. The van der Waals surface area contributed by atoms with E-state index in [0.29, 0.717) is 22.6 Å². The number of ether oxygens (including phenoxy) is 1. The molecule has 6 aromatic rings. The first-order valence-corrected chi connectivity index (χ1v) is 16.8. The molecule has 0 fully saturated rings. The van der Waals surface area contributed by atoms with Gasteiger partial charge in [0.05, 0.1) is 40.9 Å². The Bertz CT molecular complexity index is 2440. The van der Waals surface area contributed by atoms with Crippen LogP contribution in [0.1, 0.15) is 63.8 Å². The van der Waals surface area contributed by atoms with Crippen LogP contribution < -0.4 is 21.1 Å². The number of hydrogen-bond acceptors (Lipinski definition) is 4. The van der Waals surface area contributed by atoms with Gasteiger partial charge in [-0.05, 0) is 87.3 Å². The van der Waals surface area contributed by atoms with Crippen LogP contribution in [-0.2, 0) is 10.8 Å². The summed E-state index contributed by atoms with van der Waals surface area (Å²) in [4.78, 5) is 6.23. The van der Waals surface area contributed by atoms with Gasteiger partial charge in [-0.3, -0.25) is 0 Å². The number of fused-ring (bicyclic) bond motifs is 7. The SMILES string of the molecule is [C-]#[N+]c1cc(C(C)(C)C)cc2c3cc(C(C)(C)C)ccc3n(-c3cc4c5c(c3)Sc3ccc(C#N)cc3B5c3cc(C#N)ccc3O4)c12. The van der Waals surface area contributed by atoms with Crippen molar-refractivity contribution < 1.29 is 4.74 Å². The van der Waals surface area contributed by atoms with E-state index in [4.69, 9.17) is 11.3 Å². The van der Waals surface area contributed by atoms with Crippen LogP contribution in [0.25, 0.3) is 32.3 Å². The van der Waals surface area contributed by atoms with Crippen molar-refractivity contribution in [3.8, 4) is 29.3 Å². The summed E-state index contributed by atoms with van der Waals surface area (Å²) in [6, 6.07) is 31.3. The van der Waals surface area contributed by atoms with E-state index in [1.54, 1.807) is 17.8 Å². The Morgan fingerprint density at radius 1 is 0.729 bits per heavy atom. The standard InChI is InChI=1S/C41H31BN4OS/c1-40(2,3)25-10-11-33-28(16-25)29-17-26(41(4,5)6)18-32(45-7)39(29)46(33)27-19-35-38-37(20-27)48-36-13-9-24(22-44)15-31(36)42(38)30-14-23(21-43)8-12-34(30)47-35/h8-20H,1-6H3. The third-order valence-corrected chi connectivity index (χ3v) is 10.8. The van der Waals surface area contributed by atoms with E-state index >= 15 is 0 Å². The molecule has 2 aliphatic heterocycles. The maximum Gasteiger partial charge on any atom is 0.253 e. The molecule has 0 saturated carbocycles. The fourth-order valence-corrected chi connectivity index (χ4v) is 8.31. The summed E-state index contributed by atoms with van der Waals surface area (Å²) in [5, 5.41) is 21.7. The molecule has 0 bridgehead atoms. The van der Waals surface area contributed by atoms with E-state index in [0.717, 1.165) is 65.0 Å². The lowest BCUT2D eigenvalue weighted by Gasteiger charge is -2.33. The van der Waals surface area contributed by atoms with Crippen molar-refractivity contribution in [2.45, 2.75) is 62.2 Å². The van der Waals surface area contributed by atoms with Gasteiger partial charge in [-0.15, -0.1) is 0 Å². The van der Waals surface area contributed by atoms with Crippen LogP contribution in [-0.4, -0.2) is 11.3 Å². The van der Waals surface area contributed by atoms with Gasteiger partial charge in [-0.1, -0.05) is 82.5 Å². The van der Waals surface area contributed by atoms with Gasteiger partial charge >= 0.3 is 0 Å². The minimum absolute atomic E-state index is 0.0417. The van der Waals surface area contributed by atoms with Crippen LogP contribution in [0.5, 0.6) is 11.5 Å². The normalized spacial score (nSPS) is 13.2. The molecule has 8 rings (SSSR count). The van der Waals surface area contributed by atoms with E-state index in [1.165, 1.54) is 5.56 Å². The third kappa shape index (κ3) is 4.45. The molecule has 5 nitrogen and oxygen atoms in total. The lowest BCUT2D eigenvalue weighted by atomic mass is 9.35. The van der Waals surface area contributed by atoms with Gasteiger partial charge in [-0.25, -0.2) is 4.85 Å². The average molecular weight is 639 g/mol. The second-order valence-corrected chi connectivity index (χ2v) is 15.9. The molecule has 0 spiro atoms. The summed E-state index contributed by atoms with van der Waals surface area (Å²) in [7, 11) is 0. The van der Waals surface area contributed by atoms with Crippen LogP contribution in [0.3, 0.4) is 0 Å². The zero-order chi connectivity index (χ0) is 33.7. The van der Waals surface area contributed by atoms with Gasteiger partial charge in [0.2, 0.25) is 5.69 Å². The highest BCUT2D eigenvalue weighted by molar-refractivity contribution is 8.00. The fourth-order valence-electron chi connectivity index (χ4n) is 7.14. The molecule has 0 unspecified atom stereocenters. The predicted octanol–water partition coefficient (Wildman–Crippen LogP) is 8.76. The van der Waals surface area contributed by atoms with Crippen molar-refractivity contribution in [3.63, 3.8) is 0 Å². The molecule has 5 aromatic carbocycles. The lowest BCUT2D eigenvalue weighted by Crippen LogP contribution is -2.57. The van der Waals surface area contributed by atoms with Crippen molar-refractivity contribution in [1.82, 2.24) is 4.57 Å². The molecule has 2 aliphatic rings. The summed E-state index contributed by atoms with van der Waals surface area (Å²) in [6.07, 6.45) is 0. The molecule has 0 N–H and O–H groups in total. The summed E-state index contributed by atoms with van der Waals surface area (Å²) in [6.45, 7) is 21.4. The van der Waals surface area contributed by atoms with Crippen molar-refractivity contribution in [1.29, 1.82) is 10.5 Å². The Kier molecular flexibility index (Phi) is 6.42. The molecule has 1 aromatic heterocycles. The van der Waals surface area contributed by atoms with Crippen LogP contribution in [0.4, 0.5) is 5.69 Å². The molecule has 0 saturated heterocycles. The van der Waals surface area contributed by atoms with E-state index < -0.39 is 0 Å². The molecule has 0 radical (unpaired) electrons. The highest BCUT2D eigenvalue weighted by Gasteiger charge is 2.40.